The number of hydrogen-bond acceptors (Lipinski definition) is 4. The lowest BCUT2D eigenvalue weighted by Crippen LogP contribution is -2.39. The molecule has 162 valence electrons. The second-order valence-corrected chi connectivity index (χ2v) is 6.12. The van der Waals surface area contributed by atoms with Crippen LogP contribution in [0.5, 0.6) is 11.5 Å². The Morgan fingerprint density at radius 1 is 1.18 bits per heavy atom. The van der Waals surface area contributed by atoms with E-state index in [0.29, 0.717) is 30.5 Å². The molecule has 1 aromatic carbocycles. The number of rotatable bonds is 9. The van der Waals surface area contributed by atoms with Crippen LogP contribution in [0, 0.1) is 0 Å². The Morgan fingerprint density at radius 2 is 1.86 bits per heavy atom. The highest BCUT2D eigenvalue weighted by Gasteiger charge is 2.28. The van der Waals surface area contributed by atoms with E-state index in [4.69, 9.17) is 9.47 Å². The van der Waals surface area contributed by atoms with Crippen molar-refractivity contribution < 1.29 is 22.6 Å². The highest BCUT2D eigenvalue weighted by Crippen LogP contribution is 2.25. The van der Waals surface area contributed by atoms with E-state index >= 15 is 0 Å². The molecular weight excluding hydrogens is 488 g/mol. The van der Waals surface area contributed by atoms with Crippen LogP contribution in [-0.2, 0) is 6.54 Å². The van der Waals surface area contributed by atoms with Gasteiger partial charge in [-0.3, -0.25) is 9.89 Å². The fourth-order valence-corrected chi connectivity index (χ4v) is 2.49. The lowest BCUT2D eigenvalue weighted by atomic mass is 10.2. The fraction of sp³-hybridized carbons (Fsp3) is 0.611. The summed E-state index contributed by atoms with van der Waals surface area (Å²) in [7, 11) is 6.48. The molecule has 0 heterocycles. The Balaban J connectivity index is 0.00000729. The number of benzene rings is 1. The number of hydrogen-bond donors (Lipinski definition) is 1. The standard InChI is InChI=1S/C18H29F3N4O2.HI/c1-6-22-17(23-9-10-24(2)13-18(19,20)21)25(3)12-14-7-8-15(26-4)11-16(14)27-5;/h7-8,11H,6,9-10,12-13H2,1-5H3,(H,22,23);1H. The molecule has 0 fully saturated rings. The number of ether oxygens (including phenoxy) is 2. The molecule has 0 radical (unpaired) electrons. The van der Waals surface area contributed by atoms with Crippen LogP contribution in [-0.4, -0.2) is 76.4 Å². The van der Waals surface area contributed by atoms with E-state index in [2.05, 4.69) is 10.3 Å². The van der Waals surface area contributed by atoms with Crippen molar-refractivity contribution in [3.63, 3.8) is 0 Å². The summed E-state index contributed by atoms with van der Waals surface area (Å²) in [6.07, 6.45) is -4.20. The Kier molecular flexibility index (Phi) is 12.3. The molecule has 0 aliphatic rings. The number of nitrogens with one attached hydrogen (secondary N) is 1. The fourth-order valence-electron chi connectivity index (χ4n) is 2.49. The van der Waals surface area contributed by atoms with Gasteiger partial charge in [0.05, 0.1) is 27.3 Å². The quantitative estimate of drug-likeness (QED) is 0.309. The lowest BCUT2D eigenvalue weighted by Gasteiger charge is -2.24. The van der Waals surface area contributed by atoms with Gasteiger partial charge in [-0.25, -0.2) is 0 Å². The topological polar surface area (TPSA) is 49.3 Å². The molecule has 1 aromatic rings. The third kappa shape index (κ3) is 9.67. The lowest BCUT2D eigenvalue weighted by molar-refractivity contribution is -0.142. The van der Waals surface area contributed by atoms with Gasteiger partial charge in [-0.2, -0.15) is 13.2 Å². The van der Waals surface area contributed by atoms with E-state index in [-0.39, 0.29) is 37.1 Å². The summed E-state index contributed by atoms with van der Waals surface area (Å²) in [5.74, 6) is 2.02. The van der Waals surface area contributed by atoms with E-state index < -0.39 is 12.7 Å². The molecule has 0 spiro atoms. The minimum absolute atomic E-state index is 0. The first kappa shape index (κ1) is 26.6. The van der Waals surface area contributed by atoms with Gasteiger partial charge in [-0.15, -0.1) is 24.0 Å². The molecule has 1 rings (SSSR count). The van der Waals surface area contributed by atoms with E-state index in [0.717, 1.165) is 5.56 Å². The second kappa shape index (κ2) is 12.9. The molecule has 0 unspecified atom stereocenters. The molecule has 0 aromatic heterocycles. The smallest absolute Gasteiger partial charge is 0.401 e. The van der Waals surface area contributed by atoms with Gasteiger partial charge in [-0.1, -0.05) is 0 Å². The zero-order valence-electron chi connectivity index (χ0n) is 17.0. The SMILES string of the molecule is CCNC(=NCCN(C)CC(F)(F)F)N(C)Cc1ccc(OC)cc1OC.I. The first-order valence-corrected chi connectivity index (χ1v) is 8.65. The van der Waals surface area contributed by atoms with Crippen molar-refractivity contribution in [2.24, 2.45) is 4.99 Å². The molecule has 6 nitrogen and oxygen atoms in total. The average molecular weight is 518 g/mol. The predicted octanol–water partition coefficient (Wildman–Crippen LogP) is 3.21. The maximum absolute atomic E-state index is 12.4. The van der Waals surface area contributed by atoms with Gasteiger partial charge in [0.1, 0.15) is 11.5 Å². The molecule has 0 bridgehead atoms. The van der Waals surface area contributed by atoms with Crippen LogP contribution in [0.15, 0.2) is 23.2 Å². The number of halogens is 4. The van der Waals surface area contributed by atoms with Crippen LogP contribution in [0.1, 0.15) is 12.5 Å². The zero-order chi connectivity index (χ0) is 20.4. The van der Waals surface area contributed by atoms with Gasteiger partial charge in [0, 0.05) is 38.3 Å². The average Bonchev–Trinajstić information content (AvgIpc) is 2.59. The first-order valence-electron chi connectivity index (χ1n) is 8.65. The maximum atomic E-state index is 12.4. The van der Waals surface area contributed by atoms with E-state index in [9.17, 15) is 13.2 Å². The van der Waals surface area contributed by atoms with Crippen LogP contribution in [0.25, 0.3) is 0 Å². The summed E-state index contributed by atoms with van der Waals surface area (Å²) in [6.45, 7) is 2.65. The van der Waals surface area contributed by atoms with Gasteiger partial charge < -0.3 is 19.7 Å². The Labute approximate surface area is 182 Å². The number of guanidine groups is 1. The van der Waals surface area contributed by atoms with Gasteiger partial charge in [-0.05, 0) is 26.1 Å². The molecule has 0 saturated carbocycles. The van der Waals surface area contributed by atoms with Gasteiger partial charge in [0.25, 0.3) is 0 Å². The van der Waals surface area contributed by atoms with E-state index in [1.54, 1.807) is 20.3 Å². The van der Waals surface area contributed by atoms with Crippen molar-refractivity contribution in [3.8, 4) is 11.5 Å². The first-order chi connectivity index (χ1) is 12.7. The van der Waals surface area contributed by atoms with Gasteiger partial charge in [0.2, 0.25) is 0 Å². The minimum Gasteiger partial charge on any atom is -0.497 e. The molecule has 0 atom stereocenters. The highest BCUT2D eigenvalue weighted by atomic mass is 127. The zero-order valence-corrected chi connectivity index (χ0v) is 19.3. The van der Waals surface area contributed by atoms with Crippen LogP contribution in [0.3, 0.4) is 0 Å². The maximum Gasteiger partial charge on any atom is 0.401 e. The van der Waals surface area contributed by atoms with Crippen molar-refractivity contribution in [2.45, 2.75) is 19.6 Å². The van der Waals surface area contributed by atoms with Gasteiger partial charge >= 0.3 is 6.18 Å². The molecular formula is C18H30F3IN4O2. The summed E-state index contributed by atoms with van der Waals surface area (Å²) < 4.78 is 47.8. The van der Waals surface area contributed by atoms with Crippen LogP contribution in [0.2, 0.25) is 0 Å². The number of aliphatic imine (C=N–C) groups is 1. The molecule has 10 heteroatoms. The second-order valence-electron chi connectivity index (χ2n) is 6.12. The van der Waals surface area contributed by atoms with Crippen molar-refractivity contribution >= 4 is 29.9 Å². The van der Waals surface area contributed by atoms with Crippen LogP contribution < -0.4 is 14.8 Å². The number of likely N-dealkylation sites (N-methyl/N-ethyl adjacent to an activating group) is 1. The summed E-state index contributed by atoms with van der Waals surface area (Å²) in [6, 6.07) is 5.57. The minimum atomic E-state index is -4.20. The van der Waals surface area contributed by atoms with Gasteiger partial charge in [0.15, 0.2) is 5.96 Å². The number of nitrogens with zero attached hydrogens (tertiary/aromatic N) is 3. The Bertz CT molecular complexity index is 615. The third-order valence-electron chi connectivity index (χ3n) is 3.79. The molecule has 0 amide bonds. The summed E-state index contributed by atoms with van der Waals surface area (Å²) in [5.41, 5.74) is 0.945. The van der Waals surface area contributed by atoms with Crippen molar-refractivity contribution in [3.05, 3.63) is 23.8 Å². The van der Waals surface area contributed by atoms with Crippen LogP contribution >= 0.6 is 24.0 Å². The summed E-state index contributed by atoms with van der Waals surface area (Å²) in [4.78, 5) is 7.53. The highest BCUT2D eigenvalue weighted by molar-refractivity contribution is 14.0. The van der Waals surface area contributed by atoms with Crippen molar-refractivity contribution in [1.82, 2.24) is 15.1 Å². The summed E-state index contributed by atoms with van der Waals surface area (Å²) >= 11 is 0. The largest absolute Gasteiger partial charge is 0.497 e. The molecule has 0 aliphatic heterocycles. The number of alkyl halides is 3. The third-order valence-corrected chi connectivity index (χ3v) is 3.79. The molecule has 0 aliphatic carbocycles. The van der Waals surface area contributed by atoms with E-state index in [1.165, 1.54) is 11.9 Å². The number of methoxy groups -OCH3 is 2. The summed E-state index contributed by atoms with van der Waals surface area (Å²) in [5, 5.41) is 3.15. The molecule has 0 saturated heterocycles. The Morgan fingerprint density at radius 3 is 2.39 bits per heavy atom. The Hall–Kier alpha value is -1.43. The molecule has 28 heavy (non-hydrogen) atoms. The molecule has 1 N–H and O–H groups in total. The van der Waals surface area contributed by atoms with Crippen LogP contribution in [0.4, 0.5) is 13.2 Å². The monoisotopic (exact) mass is 518 g/mol. The predicted molar refractivity (Wildman–Crippen MR) is 116 cm³/mol. The van der Waals surface area contributed by atoms with Crippen molar-refractivity contribution in [2.75, 3.05) is 54.5 Å². The van der Waals surface area contributed by atoms with E-state index in [1.807, 2.05) is 31.0 Å². The normalized spacial score (nSPS) is 11.8. The van der Waals surface area contributed by atoms with Crippen molar-refractivity contribution in [1.29, 1.82) is 0 Å².